The molecule has 1 N–H and O–H groups in total. The van der Waals surface area contributed by atoms with Crippen LogP contribution in [-0.2, 0) is 4.74 Å². The van der Waals surface area contributed by atoms with Crippen LogP contribution >= 0.6 is 0 Å². The fraction of sp³-hybridized carbons (Fsp3) is 0.647. The van der Waals surface area contributed by atoms with Gasteiger partial charge in [-0.2, -0.15) is 0 Å². The van der Waals surface area contributed by atoms with Gasteiger partial charge < -0.3 is 9.84 Å². The van der Waals surface area contributed by atoms with Gasteiger partial charge in [-0.25, -0.2) is 4.39 Å². The second kappa shape index (κ2) is 5.45. The quantitative estimate of drug-likeness (QED) is 0.889. The van der Waals surface area contributed by atoms with E-state index >= 15 is 0 Å². The maximum absolute atomic E-state index is 13.5. The van der Waals surface area contributed by atoms with Crippen molar-refractivity contribution in [2.45, 2.75) is 57.2 Å². The summed E-state index contributed by atoms with van der Waals surface area (Å²) >= 11 is 0. The minimum absolute atomic E-state index is 0.00767. The predicted molar refractivity (Wildman–Crippen MR) is 76.0 cm³/mol. The van der Waals surface area contributed by atoms with Crippen LogP contribution in [-0.4, -0.2) is 17.3 Å². The molecule has 1 saturated carbocycles. The van der Waals surface area contributed by atoms with E-state index in [4.69, 9.17) is 4.74 Å². The van der Waals surface area contributed by atoms with Crippen LogP contribution in [0.3, 0.4) is 0 Å². The Kier molecular flexibility index (Phi) is 3.83. The third kappa shape index (κ3) is 2.75. The van der Waals surface area contributed by atoms with Crippen molar-refractivity contribution >= 4 is 0 Å². The van der Waals surface area contributed by atoms with Gasteiger partial charge in [0.25, 0.3) is 0 Å². The van der Waals surface area contributed by atoms with Gasteiger partial charge in [-0.15, -0.1) is 0 Å². The van der Waals surface area contributed by atoms with Crippen molar-refractivity contribution in [2.24, 2.45) is 5.92 Å². The Labute approximate surface area is 120 Å². The maximum atomic E-state index is 13.5. The molecule has 2 nitrogen and oxygen atoms in total. The van der Waals surface area contributed by atoms with Crippen molar-refractivity contribution in [3.63, 3.8) is 0 Å². The van der Waals surface area contributed by atoms with Gasteiger partial charge in [0.2, 0.25) is 0 Å². The molecule has 3 rings (SSSR count). The summed E-state index contributed by atoms with van der Waals surface area (Å²) in [4.78, 5) is 0. The molecule has 1 aliphatic heterocycles. The lowest BCUT2D eigenvalue weighted by atomic mass is 9.79. The molecule has 0 bridgehead atoms. The molecular weight excluding hydrogens is 255 g/mol. The first kappa shape index (κ1) is 14.0. The van der Waals surface area contributed by atoms with Crippen LogP contribution in [0.1, 0.15) is 55.8 Å². The number of aliphatic hydroxyl groups is 1. The number of benzene rings is 1. The summed E-state index contributed by atoms with van der Waals surface area (Å²) in [5, 5.41) is 10.6. The average molecular weight is 278 g/mol. The zero-order valence-electron chi connectivity index (χ0n) is 12.1. The highest BCUT2D eigenvalue weighted by molar-refractivity contribution is 5.26. The molecular formula is C17H23FO2. The molecule has 2 unspecified atom stereocenters. The minimum atomic E-state index is -0.578. The van der Waals surface area contributed by atoms with Crippen molar-refractivity contribution < 1.29 is 14.2 Å². The first-order valence-corrected chi connectivity index (χ1v) is 7.67. The van der Waals surface area contributed by atoms with Crippen molar-refractivity contribution in [3.05, 3.63) is 35.1 Å². The van der Waals surface area contributed by atoms with Crippen molar-refractivity contribution in [2.75, 3.05) is 6.61 Å². The zero-order chi connectivity index (χ0) is 14.2. The topological polar surface area (TPSA) is 29.5 Å². The molecule has 1 saturated heterocycles. The van der Waals surface area contributed by atoms with E-state index in [9.17, 15) is 9.50 Å². The Morgan fingerprint density at radius 1 is 1.30 bits per heavy atom. The molecule has 1 aromatic rings. The molecule has 0 amide bonds. The predicted octanol–water partition coefficient (Wildman–Crippen LogP) is 3.91. The monoisotopic (exact) mass is 278 g/mol. The Morgan fingerprint density at radius 3 is 2.75 bits per heavy atom. The van der Waals surface area contributed by atoms with Crippen molar-refractivity contribution in [1.29, 1.82) is 0 Å². The second-order valence-corrected chi connectivity index (χ2v) is 6.50. The average Bonchev–Trinajstić information content (AvgIpc) is 2.85. The molecule has 1 spiro atoms. The highest BCUT2D eigenvalue weighted by Crippen LogP contribution is 2.45. The molecule has 2 aliphatic rings. The first-order valence-electron chi connectivity index (χ1n) is 7.67. The van der Waals surface area contributed by atoms with E-state index in [0.29, 0.717) is 5.56 Å². The van der Waals surface area contributed by atoms with Crippen LogP contribution in [0.15, 0.2) is 18.2 Å². The Hall–Kier alpha value is -0.930. The van der Waals surface area contributed by atoms with Gasteiger partial charge in [0, 0.05) is 6.61 Å². The summed E-state index contributed by atoms with van der Waals surface area (Å²) in [6.45, 7) is 2.58. The molecule has 20 heavy (non-hydrogen) atoms. The Balaban J connectivity index is 1.77. The summed E-state index contributed by atoms with van der Waals surface area (Å²) in [5.41, 5.74) is 1.57. The molecule has 1 aromatic carbocycles. The molecule has 1 heterocycles. The van der Waals surface area contributed by atoms with Gasteiger partial charge in [0.15, 0.2) is 0 Å². The van der Waals surface area contributed by atoms with Crippen molar-refractivity contribution in [3.8, 4) is 0 Å². The normalized spacial score (nSPS) is 26.9. The smallest absolute Gasteiger partial charge is 0.123 e. The van der Waals surface area contributed by atoms with Crippen LogP contribution in [0.25, 0.3) is 0 Å². The van der Waals surface area contributed by atoms with E-state index in [1.54, 1.807) is 0 Å². The Morgan fingerprint density at radius 2 is 2.05 bits per heavy atom. The van der Waals surface area contributed by atoms with E-state index in [1.165, 1.54) is 25.0 Å². The molecule has 1 aliphatic carbocycles. The number of aliphatic hydroxyl groups excluding tert-OH is 1. The van der Waals surface area contributed by atoms with Crippen LogP contribution < -0.4 is 0 Å². The van der Waals surface area contributed by atoms with E-state index in [0.717, 1.165) is 37.9 Å². The third-order valence-electron chi connectivity index (χ3n) is 4.90. The summed E-state index contributed by atoms with van der Waals surface area (Å²) in [7, 11) is 0. The number of ether oxygens (including phenoxy) is 1. The first-order chi connectivity index (χ1) is 9.58. The highest BCUT2D eigenvalue weighted by atomic mass is 19.1. The molecule has 2 atom stereocenters. The summed E-state index contributed by atoms with van der Waals surface area (Å²) in [6.07, 6.45) is 5.86. The number of rotatable bonds is 2. The molecule has 3 heteroatoms. The van der Waals surface area contributed by atoms with Gasteiger partial charge >= 0.3 is 0 Å². The number of aryl methyl sites for hydroxylation is 1. The van der Waals surface area contributed by atoms with Crippen LogP contribution in [0.4, 0.5) is 4.39 Å². The van der Waals surface area contributed by atoms with Gasteiger partial charge in [0.05, 0.1) is 11.7 Å². The van der Waals surface area contributed by atoms with Gasteiger partial charge in [0.1, 0.15) is 5.82 Å². The summed E-state index contributed by atoms with van der Waals surface area (Å²) in [6, 6.07) is 4.86. The maximum Gasteiger partial charge on any atom is 0.123 e. The van der Waals surface area contributed by atoms with Gasteiger partial charge in [-0.1, -0.05) is 18.9 Å². The number of hydrogen-bond donors (Lipinski definition) is 1. The van der Waals surface area contributed by atoms with E-state index in [1.807, 2.05) is 13.0 Å². The lowest BCUT2D eigenvalue weighted by Gasteiger charge is -2.40. The lowest BCUT2D eigenvalue weighted by Crippen LogP contribution is -2.39. The van der Waals surface area contributed by atoms with Gasteiger partial charge in [-0.3, -0.25) is 0 Å². The Bertz CT molecular complexity index is 460. The largest absolute Gasteiger partial charge is 0.388 e. The number of hydrogen-bond acceptors (Lipinski definition) is 2. The van der Waals surface area contributed by atoms with Crippen LogP contribution in [0.2, 0.25) is 0 Å². The highest BCUT2D eigenvalue weighted by Gasteiger charge is 2.42. The number of halogens is 1. The molecule has 0 aromatic heterocycles. The van der Waals surface area contributed by atoms with E-state index < -0.39 is 6.10 Å². The minimum Gasteiger partial charge on any atom is -0.388 e. The summed E-state index contributed by atoms with van der Waals surface area (Å²) in [5.74, 6) is -0.0789. The van der Waals surface area contributed by atoms with E-state index in [-0.39, 0.29) is 17.3 Å². The van der Waals surface area contributed by atoms with Crippen molar-refractivity contribution in [1.82, 2.24) is 0 Å². The molecule has 110 valence electrons. The summed E-state index contributed by atoms with van der Waals surface area (Å²) < 4.78 is 19.5. The standard InChI is InChI=1S/C17H23FO2/c1-12-8-14(10-15(18)9-12)16(19)13-4-7-20-17(11-13)5-2-3-6-17/h8-10,13,16,19H,2-7,11H2,1H3. The van der Waals surface area contributed by atoms with Gasteiger partial charge in [-0.05, 0) is 61.8 Å². The second-order valence-electron chi connectivity index (χ2n) is 6.50. The lowest BCUT2D eigenvalue weighted by molar-refractivity contribution is -0.113. The SMILES string of the molecule is Cc1cc(F)cc(C(O)C2CCOC3(CCCC3)C2)c1. The fourth-order valence-electron chi connectivity index (χ4n) is 3.91. The molecule has 2 fully saturated rings. The molecule has 0 radical (unpaired) electrons. The fourth-order valence-corrected chi connectivity index (χ4v) is 3.91. The zero-order valence-corrected chi connectivity index (χ0v) is 12.1. The van der Waals surface area contributed by atoms with Crippen LogP contribution in [0.5, 0.6) is 0 Å². The third-order valence-corrected chi connectivity index (χ3v) is 4.90. The van der Waals surface area contributed by atoms with Crippen LogP contribution in [0, 0.1) is 18.7 Å². The van der Waals surface area contributed by atoms with E-state index in [2.05, 4.69) is 0 Å².